The minimum absolute atomic E-state index is 0.0474. The second kappa shape index (κ2) is 6.98. The van der Waals surface area contributed by atoms with Gasteiger partial charge >= 0.3 is 0 Å². The summed E-state index contributed by atoms with van der Waals surface area (Å²) in [6, 6.07) is 5.63. The molecule has 28 heavy (non-hydrogen) atoms. The summed E-state index contributed by atoms with van der Waals surface area (Å²) in [6.07, 6.45) is 8.14. The average Bonchev–Trinajstić information content (AvgIpc) is 3.13. The summed E-state index contributed by atoms with van der Waals surface area (Å²) < 4.78 is 10.7. The van der Waals surface area contributed by atoms with Crippen LogP contribution in [-0.4, -0.2) is 31.6 Å². The lowest BCUT2D eigenvalue weighted by atomic mass is 9.49. The first-order valence-electron chi connectivity index (χ1n) is 10.4. The van der Waals surface area contributed by atoms with Crippen molar-refractivity contribution >= 4 is 11.6 Å². The highest BCUT2D eigenvalue weighted by Gasteiger charge is 2.50. The maximum absolute atomic E-state index is 12.3. The first kappa shape index (κ1) is 17.8. The molecule has 4 fully saturated rings. The number of fused-ring (bicyclic) bond motifs is 1. The molecule has 1 aliphatic heterocycles. The SMILES string of the molecule is C/C(=N\OCC(=O)NCC12CC3CC(CC(C3)C1)C2)c1ccc2c(c1)OCO2. The molecule has 5 aliphatic rings. The van der Waals surface area contributed by atoms with E-state index in [-0.39, 0.29) is 19.3 Å². The fourth-order valence-corrected chi connectivity index (χ4v) is 6.21. The van der Waals surface area contributed by atoms with Crippen molar-refractivity contribution in [2.45, 2.75) is 45.4 Å². The van der Waals surface area contributed by atoms with Crippen molar-refractivity contribution in [2.24, 2.45) is 28.3 Å². The smallest absolute Gasteiger partial charge is 0.260 e. The van der Waals surface area contributed by atoms with Crippen LogP contribution in [0.3, 0.4) is 0 Å². The van der Waals surface area contributed by atoms with Crippen LogP contribution in [0.1, 0.15) is 51.0 Å². The van der Waals surface area contributed by atoms with E-state index in [9.17, 15) is 4.79 Å². The third-order valence-corrected chi connectivity index (χ3v) is 7.01. The van der Waals surface area contributed by atoms with E-state index in [1.165, 1.54) is 38.5 Å². The highest BCUT2D eigenvalue weighted by molar-refractivity contribution is 5.99. The number of oxime groups is 1. The van der Waals surface area contributed by atoms with Crippen molar-refractivity contribution in [3.63, 3.8) is 0 Å². The lowest BCUT2D eigenvalue weighted by Gasteiger charge is -2.56. The molecule has 150 valence electrons. The molecule has 6 rings (SSSR count). The Hall–Kier alpha value is -2.24. The van der Waals surface area contributed by atoms with E-state index in [1.807, 2.05) is 25.1 Å². The van der Waals surface area contributed by atoms with Gasteiger partial charge in [-0.3, -0.25) is 4.79 Å². The number of nitrogens with zero attached hydrogens (tertiary/aromatic N) is 1. The van der Waals surface area contributed by atoms with Crippen LogP contribution in [0.4, 0.5) is 0 Å². The summed E-state index contributed by atoms with van der Waals surface area (Å²) in [4.78, 5) is 17.6. The predicted octanol–water partition coefficient (Wildman–Crippen LogP) is 3.49. The molecular formula is C22H28N2O4. The van der Waals surface area contributed by atoms with Crippen molar-refractivity contribution in [3.05, 3.63) is 23.8 Å². The Bertz CT molecular complexity index is 768. The molecule has 1 N–H and O–H groups in total. The van der Waals surface area contributed by atoms with Gasteiger partial charge in [0.15, 0.2) is 18.1 Å². The number of rotatable bonds is 6. The Balaban J connectivity index is 1.11. The molecule has 4 aliphatic carbocycles. The van der Waals surface area contributed by atoms with Gasteiger partial charge in [-0.15, -0.1) is 0 Å². The van der Waals surface area contributed by atoms with E-state index in [2.05, 4.69) is 10.5 Å². The highest BCUT2D eigenvalue weighted by atomic mass is 16.7. The van der Waals surface area contributed by atoms with Gasteiger partial charge in [0.25, 0.3) is 5.91 Å². The number of carbonyl (C=O) groups is 1. The lowest BCUT2D eigenvalue weighted by Crippen LogP contribution is -2.51. The van der Waals surface area contributed by atoms with E-state index in [1.54, 1.807) is 0 Å². The molecule has 4 saturated carbocycles. The van der Waals surface area contributed by atoms with Crippen molar-refractivity contribution in [1.29, 1.82) is 0 Å². The van der Waals surface area contributed by atoms with Gasteiger partial charge in [-0.05, 0) is 86.8 Å². The van der Waals surface area contributed by atoms with Gasteiger partial charge in [0.2, 0.25) is 6.79 Å². The molecular weight excluding hydrogens is 356 g/mol. The first-order valence-corrected chi connectivity index (χ1v) is 10.4. The molecule has 1 aromatic rings. The zero-order valence-corrected chi connectivity index (χ0v) is 16.4. The van der Waals surface area contributed by atoms with Crippen LogP contribution >= 0.6 is 0 Å². The van der Waals surface area contributed by atoms with Crippen LogP contribution in [-0.2, 0) is 9.63 Å². The monoisotopic (exact) mass is 384 g/mol. The van der Waals surface area contributed by atoms with Gasteiger partial charge in [0.1, 0.15) is 0 Å². The zero-order valence-electron chi connectivity index (χ0n) is 16.4. The Morgan fingerprint density at radius 1 is 1.14 bits per heavy atom. The highest BCUT2D eigenvalue weighted by Crippen LogP contribution is 2.59. The molecule has 0 atom stereocenters. The first-order chi connectivity index (χ1) is 13.6. The van der Waals surface area contributed by atoms with Crippen LogP contribution < -0.4 is 14.8 Å². The van der Waals surface area contributed by atoms with Gasteiger partial charge < -0.3 is 19.6 Å². The molecule has 6 nitrogen and oxygen atoms in total. The van der Waals surface area contributed by atoms with Crippen LogP contribution in [0.2, 0.25) is 0 Å². The Morgan fingerprint density at radius 2 is 1.82 bits per heavy atom. The molecule has 0 aromatic heterocycles. The molecule has 1 aromatic carbocycles. The van der Waals surface area contributed by atoms with Crippen LogP contribution in [0.15, 0.2) is 23.4 Å². The minimum Gasteiger partial charge on any atom is -0.454 e. The van der Waals surface area contributed by atoms with E-state index in [0.717, 1.165) is 35.6 Å². The Kier molecular flexibility index (Phi) is 4.44. The third-order valence-electron chi connectivity index (χ3n) is 7.01. The van der Waals surface area contributed by atoms with Gasteiger partial charge in [-0.25, -0.2) is 0 Å². The second-order valence-corrected chi connectivity index (χ2v) is 9.21. The van der Waals surface area contributed by atoms with Crippen LogP contribution in [0.25, 0.3) is 0 Å². The molecule has 0 radical (unpaired) electrons. The van der Waals surface area contributed by atoms with Crippen LogP contribution in [0, 0.1) is 23.2 Å². The summed E-state index contributed by atoms with van der Waals surface area (Å²) in [5, 5.41) is 7.21. The van der Waals surface area contributed by atoms with Crippen molar-refractivity contribution < 1.29 is 19.1 Å². The summed E-state index contributed by atoms with van der Waals surface area (Å²) in [5.74, 6) is 4.05. The number of benzene rings is 1. The fraction of sp³-hybridized carbons (Fsp3) is 0.636. The predicted molar refractivity (Wildman–Crippen MR) is 104 cm³/mol. The maximum Gasteiger partial charge on any atom is 0.260 e. The largest absolute Gasteiger partial charge is 0.454 e. The van der Waals surface area contributed by atoms with Crippen LogP contribution in [0.5, 0.6) is 11.5 Å². The summed E-state index contributed by atoms with van der Waals surface area (Å²) in [7, 11) is 0. The molecule has 6 heteroatoms. The van der Waals surface area contributed by atoms with E-state index in [0.29, 0.717) is 16.9 Å². The van der Waals surface area contributed by atoms with Gasteiger partial charge in [0, 0.05) is 12.1 Å². The fourth-order valence-electron chi connectivity index (χ4n) is 6.21. The summed E-state index contributed by atoms with van der Waals surface area (Å²) in [6.45, 7) is 2.85. The molecule has 0 saturated heterocycles. The standard InChI is InChI=1S/C22H28N2O4/c1-14(18-2-3-19-20(7-18)27-13-26-19)24-28-11-21(25)23-12-22-8-15-4-16(9-22)6-17(5-15)10-22/h2-3,7,15-17H,4-6,8-13H2,1H3,(H,23,25)/b24-14+. The molecule has 1 heterocycles. The number of hydrogen-bond donors (Lipinski definition) is 1. The van der Waals surface area contributed by atoms with Gasteiger partial charge in [-0.2, -0.15) is 0 Å². The molecule has 1 amide bonds. The lowest BCUT2D eigenvalue weighted by molar-refractivity contribution is -0.127. The second-order valence-electron chi connectivity index (χ2n) is 9.21. The van der Waals surface area contributed by atoms with Gasteiger partial charge in [-0.1, -0.05) is 5.16 Å². The zero-order chi connectivity index (χ0) is 19.1. The number of carbonyl (C=O) groups excluding carboxylic acids is 1. The molecule has 0 spiro atoms. The van der Waals surface area contributed by atoms with Crippen molar-refractivity contribution in [1.82, 2.24) is 5.32 Å². The number of ether oxygens (including phenoxy) is 2. The number of nitrogens with one attached hydrogen (secondary N) is 1. The molecule has 0 unspecified atom stereocenters. The van der Waals surface area contributed by atoms with Crippen molar-refractivity contribution in [3.8, 4) is 11.5 Å². The third kappa shape index (κ3) is 3.45. The summed E-state index contributed by atoms with van der Waals surface area (Å²) >= 11 is 0. The average molecular weight is 384 g/mol. The van der Waals surface area contributed by atoms with E-state index in [4.69, 9.17) is 14.3 Å². The topological polar surface area (TPSA) is 69.2 Å². The Labute approximate surface area is 165 Å². The normalized spacial score (nSPS) is 32.5. The maximum atomic E-state index is 12.3. The van der Waals surface area contributed by atoms with E-state index >= 15 is 0 Å². The quantitative estimate of drug-likeness (QED) is 0.602. The van der Waals surface area contributed by atoms with Gasteiger partial charge in [0.05, 0.1) is 5.71 Å². The van der Waals surface area contributed by atoms with E-state index < -0.39 is 0 Å². The Morgan fingerprint density at radius 3 is 2.54 bits per heavy atom. The molecule has 4 bridgehead atoms. The summed E-state index contributed by atoms with van der Waals surface area (Å²) in [5.41, 5.74) is 1.93. The van der Waals surface area contributed by atoms with Crippen molar-refractivity contribution in [2.75, 3.05) is 19.9 Å². The minimum atomic E-state index is -0.0852. The number of amides is 1. The number of hydrogen-bond acceptors (Lipinski definition) is 5.